The first-order valence-corrected chi connectivity index (χ1v) is 7.53. The standard InChI is InChI=1S/C16H23F2NO2/c1-3-19-15(14-12(17)6-5-7-13(14)18)16(21-4-2)8-10-20-11-9-16/h5-7,15,19H,3-4,8-11H2,1-2H3. The van der Waals surface area contributed by atoms with Gasteiger partial charge in [0.15, 0.2) is 0 Å². The van der Waals surface area contributed by atoms with Crippen molar-refractivity contribution in [3.05, 3.63) is 35.4 Å². The smallest absolute Gasteiger partial charge is 0.131 e. The topological polar surface area (TPSA) is 30.5 Å². The van der Waals surface area contributed by atoms with Gasteiger partial charge in [-0.3, -0.25) is 0 Å². The number of rotatable bonds is 6. The van der Waals surface area contributed by atoms with Crippen LogP contribution < -0.4 is 5.32 Å². The molecule has 0 saturated carbocycles. The third kappa shape index (κ3) is 3.42. The van der Waals surface area contributed by atoms with Crippen LogP contribution in [-0.2, 0) is 9.47 Å². The first kappa shape index (κ1) is 16.3. The summed E-state index contributed by atoms with van der Waals surface area (Å²) in [5.74, 6) is -1.07. The van der Waals surface area contributed by atoms with Gasteiger partial charge in [0.25, 0.3) is 0 Å². The molecule has 1 fully saturated rings. The van der Waals surface area contributed by atoms with E-state index in [1.807, 2.05) is 13.8 Å². The number of ether oxygens (including phenoxy) is 2. The van der Waals surface area contributed by atoms with Crippen molar-refractivity contribution in [1.82, 2.24) is 5.32 Å². The molecule has 0 bridgehead atoms. The lowest BCUT2D eigenvalue weighted by Crippen LogP contribution is -2.50. The quantitative estimate of drug-likeness (QED) is 0.875. The molecule has 1 atom stereocenters. The molecule has 118 valence electrons. The van der Waals surface area contributed by atoms with Gasteiger partial charge in [0, 0.05) is 38.2 Å². The Kier molecular flexibility index (Phi) is 5.67. The summed E-state index contributed by atoms with van der Waals surface area (Å²) >= 11 is 0. The third-order valence-electron chi connectivity index (χ3n) is 3.99. The summed E-state index contributed by atoms with van der Waals surface area (Å²) in [7, 11) is 0. The van der Waals surface area contributed by atoms with E-state index in [9.17, 15) is 8.78 Å². The Morgan fingerprint density at radius 3 is 2.38 bits per heavy atom. The maximum atomic E-state index is 14.2. The van der Waals surface area contributed by atoms with Crippen LogP contribution in [0.15, 0.2) is 18.2 Å². The number of benzene rings is 1. The number of hydrogen-bond donors (Lipinski definition) is 1. The minimum atomic E-state index is -0.633. The molecule has 0 aromatic heterocycles. The molecule has 3 nitrogen and oxygen atoms in total. The molecule has 2 rings (SSSR count). The van der Waals surface area contributed by atoms with Crippen LogP contribution in [0.4, 0.5) is 8.78 Å². The van der Waals surface area contributed by atoms with Crippen molar-refractivity contribution in [2.24, 2.45) is 0 Å². The van der Waals surface area contributed by atoms with Crippen molar-refractivity contribution in [3.8, 4) is 0 Å². The van der Waals surface area contributed by atoms with Gasteiger partial charge in [0.2, 0.25) is 0 Å². The average molecular weight is 299 g/mol. The maximum Gasteiger partial charge on any atom is 0.131 e. The van der Waals surface area contributed by atoms with Crippen LogP contribution >= 0.6 is 0 Å². The summed E-state index contributed by atoms with van der Waals surface area (Å²) in [5.41, 5.74) is -0.568. The maximum absolute atomic E-state index is 14.2. The molecule has 0 amide bonds. The summed E-state index contributed by atoms with van der Waals surface area (Å²) in [5, 5.41) is 3.22. The fraction of sp³-hybridized carbons (Fsp3) is 0.625. The lowest BCUT2D eigenvalue weighted by Gasteiger charge is -2.43. The van der Waals surface area contributed by atoms with Gasteiger partial charge in [-0.25, -0.2) is 8.78 Å². The highest BCUT2D eigenvalue weighted by Gasteiger charge is 2.43. The summed E-state index contributed by atoms with van der Waals surface area (Å²) in [6.45, 7) is 6.00. The Bertz CT molecular complexity index is 436. The summed E-state index contributed by atoms with van der Waals surface area (Å²) in [4.78, 5) is 0. The van der Waals surface area contributed by atoms with Crippen LogP contribution in [0.1, 0.15) is 38.3 Å². The highest BCUT2D eigenvalue weighted by Crippen LogP contribution is 2.39. The van der Waals surface area contributed by atoms with Gasteiger partial charge in [-0.2, -0.15) is 0 Å². The molecular formula is C16H23F2NO2. The Morgan fingerprint density at radius 1 is 1.24 bits per heavy atom. The van der Waals surface area contributed by atoms with Crippen LogP contribution in [0, 0.1) is 11.6 Å². The van der Waals surface area contributed by atoms with Crippen LogP contribution in [-0.4, -0.2) is 32.0 Å². The van der Waals surface area contributed by atoms with Gasteiger partial charge < -0.3 is 14.8 Å². The first-order chi connectivity index (χ1) is 10.1. The van der Waals surface area contributed by atoms with E-state index in [-0.39, 0.29) is 5.56 Å². The van der Waals surface area contributed by atoms with Crippen molar-refractivity contribution in [2.75, 3.05) is 26.4 Å². The van der Waals surface area contributed by atoms with Crippen LogP contribution in [0.25, 0.3) is 0 Å². The predicted octanol–water partition coefficient (Wildman–Crippen LogP) is 3.20. The van der Waals surface area contributed by atoms with E-state index in [4.69, 9.17) is 9.47 Å². The SMILES string of the molecule is CCNC(c1c(F)cccc1F)C1(OCC)CCOCC1. The molecule has 1 aliphatic rings. The second kappa shape index (κ2) is 7.29. The molecule has 1 aromatic carbocycles. The lowest BCUT2D eigenvalue weighted by molar-refractivity contribution is -0.128. The Hall–Kier alpha value is -1.04. The monoisotopic (exact) mass is 299 g/mol. The summed E-state index contributed by atoms with van der Waals surface area (Å²) in [6.07, 6.45) is 1.23. The molecular weight excluding hydrogens is 276 g/mol. The van der Waals surface area contributed by atoms with Gasteiger partial charge >= 0.3 is 0 Å². The van der Waals surface area contributed by atoms with E-state index in [2.05, 4.69) is 5.32 Å². The lowest BCUT2D eigenvalue weighted by atomic mass is 9.81. The second-order valence-corrected chi connectivity index (χ2v) is 5.24. The number of hydrogen-bond acceptors (Lipinski definition) is 3. The molecule has 1 N–H and O–H groups in total. The molecule has 5 heteroatoms. The van der Waals surface area contributed by atoms with Crippen molar-refractivity contribution in [3.63, 3.8) is 0 Å². The number of halogens is 2. The van der Waals surface area contributed by atoms with Gasteiger partial charge in [-0.1, -0.05) is 13.0 Å². The average Bonchev–Trinajstić information content (AvgIpc) is 2.47. The molecule has 21 heavy (non-hydrogen) atoms. The molecule has 0 radical (unpaired) electrons. The molecule has 0 spiro atoms. The van der Waals surface area contributed by atoms with Gasteiger partial charge in [-0.15, -0.1) is 0 Å². The van der Waals surface area contributed by atoms with Gasteiger partial charge in [0.1, 0.15) is 11.6 Å². The molecule has 1 heterocycles. The van der Waals surface area contributed by atoms with Crippen LogP contribution in [0.5, 0.6) is 0 Å². The molecule has 1 unspecified atom stereocenters. The van der Waals surface area contributed by atoms with Gasteiger partial charge in [0.05, 0.1) is 11.6 Å². The highest BCUT2D eigenvalue weighted by molar-refractivity contribution is 5.26. The summed E-state index contributed by atoms with van der Waals surface area (Å²) in [6, 6.07) is 3.45. The molecule has 1 saturated heterocycles. The van der Waals surface area contributed by atoms with E-state index < -0.39 is 23.3 Å². The van der Waals surface area contributed by atoms with Crippen LogP contribution in [0.2, 0.25) is 0 Å². The molecule has 1 aromatic rings. The Balaban J connectivity index is 2.44. The Morgan fingerprint density at radius 2 is 1.86 bits per heavy atom. The second-order valence-electron chi connectivity index (χ2n) is 5.24. The summed E-state index contributed by atoms with van der Waals surface area (Å²) < 4.78 is 39.8. The Labute approximate surface area is 124 Å². The normalized spacial score (nSPS) is 19.4. The van der Waals surface area contributed by atoms with E-state index >= 15 is 0 Å². The highest BCUT2D eigenvalue weighted by atomic mass is 19.1. The van der Waals surface area contributed by atoms with E-state index in [1.54, 1.807) is 0 Å². The predicted molar refractivity (Wildman–Crippen MR) is 77.2 cm³/mol. The molecule has 1 aliphatic heterocycles. The van der Waals surface area contributed by atoms with Crippen molar-refractivity contribution >= 4 is 0 Å². The van der Waals surface area contributed by atoms with Crippen molar-refractivity contribution < 1.29 is 18.3 Å². The van der Waals surface area contributed by atoms with E-state index in [1.165, 1.54) is 18.2 Å². The van der Waals surface area contributed by atoms with Gasteiger partial charge in [-0.05, 0) is 25.6 Å². The largest absolute Gasteiger partial charge is 0.381 e. The fourth-order valence-electron chi connectivity index (χ4n) is 3.06. The van der Waals surface area contributed by atoms with E-state index in [0.29, 0.717) is 39.2 Å². The zero-order valence-electron chi connectivity index (χ0n) is 12.6. The minimum absolute atomic E-state index is 0.0645. The van der Waals surface area contributed by atoms with Crippen LogP contribution in [0.3, 0.4) is 0 Å². The number of nitrogens with one attached hydrogen (secondary N) is 1. The molecule has 0 aliphatic carbocycles. The minimum Gasteiger partial charge on any atom is -0.381 e. The first-order valence-electron chi connectivity index (χ1n) is 7.53. The fourth-order valence-corrected chi connectivity index (χ4v) is 3.06. The number of likely N-dealkylation sites (N-methyl/N-ethyl adjacent to an activating group) is 1. The van der Waals surface area contributed by atoms with E-state index in [0.717, 1.165) is 0 Å². The third-order valence-corrected chi connectivity index (χ3v) is 3.99. The van der Waals surface area contributed by atoms with Crippen molar-refractivity contribution in [2.45, 2.75) is 38.3 Å². The zero-order valence-corrected chi connectivity index (χ0v) is 12.6. The van der Waals surface area contributed by atoms with Crippen molar-refractivity contribution in [1.29, 1.82) is 0 Å². The zero-order chi connectivity index (χ0) is 15.3.